The fourth-order valence-electron chi connectivity index (χ4n) is 3.75. The van der Waals surface area contributed by atoms with Crippen LogP contribution in [0.4, 0.5) is 0 Å². The summed E-state index contributed by atoms with van der Waals surface area (Å²) in [6.45, 7) is 6.31. The Morgan fingerprint density at radius 2 is 1.55 bits per heavy atom. The summed E-state index contributed by atoms with van der Waals surface area (Å²) in [6.07, 6.45) is 0.871. The highest BCUT2D eigenvalue weighted by Gasteiger charge is 2.42. The second kappa shape index (κ2) is 10.4. The largest absolute Gasteiger partial charge is 0.352 e. The molecule has 0 saturated carbocycles. The van der Waals surface area contributed by atoms with E-state index in [9.17, 15) is 9.59 Å². The lowest BCUT2D eigenvalue weighted by Gasteiger charge is -2.26. The molecule has 29 heavy (non-hydrogen) atoms. The molecule has 156 valence electrons. The average molecular weight is 416 g/mol. The van der Waals surface area contributed by atoms with Crippen molar-refractivity contribution >= 4 is 24.2 Å². The van der Waals surface area contributed by atoms with Crippen LogP contribution in [0.1, 0.15) is 35.1 Å². The summed E-state index contributed by atoms with van der Waals surface area (Å²) in [5, 5.41) is 9.25. The third-order valence-electron chi connectivity index (χ3n) is 5.33. The van der Waals surface area contributed by atoms with Gasteiger partial charge in [-0.15, -0.1) is 12.4 Å². The van der Waals surface area contributed by atoms with Gasteiger partial charge in [0.25, 0.3) is 0 Å². The molecule has 0 spiro atoms. The topological polar surface area (TPSA) is 70.2 Å². The molecule has 0 radical (unpaired) electrons. The second-order valence-electron chi connectivity index (χ2n) is 7.82. The fourth-order valence-corrected chi connectivity index (χ4v) is 3.75. The lowest BCUT2D eigenvalue weighted by Crippen LogP contribution is -2.45. The van der Waals surface area contributed by atoms with E-state index in [1.54, 1.807) is 0 Å². The Balaban J connectivity index is 0.00000300. The van der Waals surface area contributed by atoms with Crippen molar-refractivity contribution in [3.8, 4) is 0 Å². The van der Waals surface area contributed by atoms with Crippen LogP contribution in [0, 0.1) is 19.3 Å². The zero-order valence-corrected chi connectivity index (χ0v) is 17.9. The third-order valence-corrected chi connectivity index (χ3v) is 5.33. The first-order chi connectivity index (χ1) is 13.5. The number of amides is 2. The van der Waals surface area contributed by atoms with E-state index >= 15 is 0 Å². The molecule has 0 aliphatic carbocycles. The molecule has 2 amide bonds. The molecular formula is C23H30ClN3O2. The minimum absolute atomic E-state index is 0. The summed E-state index contributed by atoms with van der Waals surface area (Å²) in [6, 6.07) is 16.2. The van der Waals surface area contributed by atoms with Crippen LogP contribution in [0.25, 0.3) is 0 Å². The summed E-state index contributed by atoms with van der Waals surface area (Å²) >= 11 is 0. The van der Waals surface area contributed by atoms with Gasteiger partial charge in [0.1, 0.15) is 0 Å². The van der Waals surface area contributed by atoms with Crippen molar-refractivity contribution in [1.29, 1.82) is 0 Å². The molecule has 5 nitrogen and oxygen atoms in total. The molecule has 1 fully saturated rings. The summed E-state index contributed by atoms with van der Waals surface area (Å²) in [7, 11) is 0. The van der Waals surface area contributed by atoms with Gasteiger partial charge in [0.2, 0.25) is 11.8 Å². The molecule has 3 N–H and O–H groups in total. The maximum Gasteiger partial charge on any atom is 0.228 e. The minimum Gasteiger partial charge on any atom is -0.352 e. The number of hydrogen-bond acceptors (Lipinski definition) is 3. The van der Waals surface area contributed by atoms with Gasteiger partial charge < -0.3 is 16.0 Å². The Morgan fingerprint density at radius 3 is 2.07 bits per heavy atom. The summed E-state index contributed by atoms with van der Waals surface area (Å²) in [5.41, 5.74) is 3.79. The highest BCUT2D eigenvalue weighted by molar-refractivity contribution is 5.89. The Kier molecular flexibility index (Phi) is 8.23. The van der Waals surface area contributed by atoms with E-state index in [2.05, 4.69) is 28.1 Å². The van der Waals surface area contributed by atoms with Gasteiger partial charge in [-0.1, -0.05) is 59.7 Å². The van der Waals surface area contributed by atoms with Crippen LogP contribution in [0.15, 0.2) is 48.5 Å². The maximum atomic E-state index is 12.9. The molecule has 6 heteroatoms. The molecule has 0 bridgehead atoms. The molecular weight excluding hydrogens is 386 g/mol. The Labute approximate surface area is 179 Å². The Morgan fingerprint density at radius 1 is 0.966 bits per heavy atom. The first-order valence-corrected chi connectivity index (χ1v) is 9.84. The molecule has 2 aromatic rings. The van der Waals surface area contributed by atoms with Crippen LogP contribution in [0.5, 0.6) is 0 Å². The van der Waals surface area contributed by atoms with Crippen LogP contribution >= 0.6 is 12.4 Å². The monoisotopic (exact) mass is 415 g/mol. The van der Waals surface area contributed by atoms with Crippen LogP contribution in [-0.4, -0.2) is 24.9 Å². The summed E-state index contributed by atoms with van der Waals surface area (Å²) < 4.78 is 0. The van der Waals surface area contributed by atoms with E-state index in [1.807, 2.05) is 50.2 Å². The number of carbonyl (C=O) groups excluding carboxylic acids is 2. The number of carbonyl (C=O) groups is 2. The summed E-state index contributed by atoms with van der Waals surface area (Å²) in [5.74, 6) is -0.138. The van der Waals surface area contributed by atoms with Crippen LogP contribution in [0.3, 0.4) is 0 Å². The molecule has 0 aromatic heterocycles. The van der Waals surface area contributed by atoms with Crippen molar-refractivity contribution in [2.75, 3.05) is 13.1 Å². The smallest absolute Gasteiger partial charge is 0.228 e. The van der Waals surface area contributed by atoms with Gasteiger partial charge in [-0.2, -0.15) is 0 Å². The van der Waals surface area contributed by atoms with E-state index in [1.165, 1.54) is 11.1 Å². The quantitative estimate of drug-likeness (QED) is 0.651. The SMILES string of the molecule is Cc1cccc(CNC(=O)CC2(C(=O)NCc3cccc(C)c3)CCNC2)c1.Cl. The Hall–Kier alpha value is -2.37. The molecule has 1 atom stereocenters. The molecule has 1 saturated heterocycles. The highest BCUT2D eigenvalue weighted by Crippen LogP contribution is 2.30. The van der Waals surface area contributed by atoms with Gasteiger partial charge in [-0.3, -0.25) is 9.59 Å². The van der Waals surface area contributed by atoms with E-state index in [-0.39, 0.29) is 30.6 Å². The van der Waals surface area contributed by atoms with E-state index in [4.69, 9.17) is 0 Å². The lowest BCUT2D eigenvalue weighted by molar-refractivity contribution is -0.135. The standard InChI is InChI=1S/C23H29N3O2.ClH/c1-17-5-3-7-19(11-17)14-25-21(27)13-23(9-10-24-16-23)22(28)26-15-20-8-4-6-18(2)12-20;/h3-8,11-12,24H,9-10,13-16H2,1-2H3,(H,25,27)(H,26,28);1H. The third kappa shape index (κ3) is 6.31. The van der Waals surface area contributed by atoms with E-state index in [0.717, 1.165) is 17.7 Å². The van der Waals surface area contributed by atoms with Gasteiger partial charge >= 0.3 is 0 Å². The first-order valence-electron chi connectivity index (χ1n) is 9.84. The van der Waals surface area contributed by atoms with Gasteiger partial charge in [-0.05, 0) is 37.9 Å². The maximum absolute atomic E-state index is 12.9. The summed E-state index contributed by atoms with van der Waals surface area (Å²) in [4.78, 5) is 25.5. The van der Waals surface area contributed by atoms with Crippen molar-refractivity contribution in [2.24, 2.45) is 5.41 Å². The Bertz CT molecular complexity index is 848. The normalized spacial score (nSPS) is 18.0. The van der Waals surface area contributed by atoms with Crippen molar-refractivity contribution in [3.63, 3.8) is 0 Å². The first kappa shape index (κ1) is 22.9. The van der Waals surface area contributed by atoms with Crippen molar-refractivity contribution < 1.29 is 9.59 Å². The molecule has 2 aromatic carbocycles. The predicted octanol–water partition coefficient (Wildman–Crippen LogP) is 3.03. The minimum atomic E-state index is -0.680. The number of nitrogens with one attached hydrogen (secondary N) is 3. The average Bonchev–Trinajstić information content (AvgIpc) is 3.14. The van der Waals surface area contributed by atoms with Crippen LogP contribution in [0.2, 0.25) is 0 Å². The number of halogens is 1. The van der Waals surface area contributed by atoms with Gasteiger partial charge in [0.05, 0.1) is 5.41 Å². The molecule has 1 aliphatic heterocycles. The molecule has 1 heterocycles. The van der Waals surface area contributed by atoms with Crippen LogP contribution in [-0.2, 0) is 22.7 Å². The van der Waals surface area contributed by atoms with Gasteiger partial charge in [0, 0.05) is 26.1 Å². The van der Waals surface area contributed by atoms with Gasteiger partial charge in [-0.25, -0.2) is 0 Å². The van der Waals surface area contributed by atoms with Crippen molar-refractivity contribution in [1.82, 2.24) is 16.0 Å². The number of benzene rings is 2. The zero-order valence-electron chi connectivity index (χ0n) is 17.1. The fraction of sp³-hybridized carbons (Fsp3) is 0.391. The van der Waals surface area contributed by atoms with E-state index < -0.39 is 5.41 Å². The molecule has 1 unspecified atom stereocenters. The van der Waals surface area contributed by atoms with Crippen LogP contribution < -0.4 is 16.0 Å². The molecule has 1 aliphatic rings. The number of hydrogen-bond donors (Lipinski definition) is 3. The van der Waals surface area contributed by atoms with E-state index in [0.29, 0.717) is 26.1 Å². The highest BCUT2D eigenvalue weighted by atomic mass is 35.5. The number of aryl methyl sites for hydroxylation is 2. The second-order valence-corrected chi connectivity index (χ2v) is 7.82. The zero-order chi connectivity index (χ0) is 20.0. The lowest BCUT2D eigenvalue weighted by atomic mass is 9.82. The van der Waals surface area contributed by atoms with Gasteiger partial charge in [0.15, 0.2) is 0 Å². The number of rotatable bonds is 7. The van der Waals surface area contributed by atoms with Crippen molar-refractivity contribution in [3.05, 3.63) is 70.8 Å². The molecule has 3 rings (SSSR count). The van der Waals surface area contributed by atoms with Crippen molar-refractivity contribution in [2.45, 2.75) is 39.8 Å². The predicted molar refractivity (Wildman–Crippen MR) is 118 cm³/mol.